The number of hydrogen-bond acceptors (Lipinski definition) is 5. The van der Waals surface area contributed by atoms with Crippen molar-refractivity contribution in [2.24, 2.45) is 0 Å². The molecule has 1 aromatic carbocycles. The summed E-state index contributed by atoms with van der Waals surface area (Å²) in [5.41, 5.74) is 1.40. The van der Waals surface area contributed by atoms with Gasteiger partial charge >= 0.3 is 12.1 Å². The molecule has 10 heteroatoms. The summed E-state index contributed by atoms with van der Waals surface area (Å²) in [7, 11) is 0. The normalized spacial score (nSPS) is 11.6. The molecule has 0 saturated heterocycles. The number of halogens is 3. The minimum atomic E-state index is -4.75. The monoisotopic (exact) mass is 365 g/mol. The molecule has 3 rings (SSSR count). The molecule has 0 fully saturated rings. The zero-order valence-electron chi connectivity index (χ0n) is 13.9. The van der Waals surface area contributed by atoms with Crippen LogP contribution in [0.4, 0.5) is 13.2 Å². The summed E-state index contributed by atoms with van der Waals surface area (Å²) >= 11 is 0. The lowest BCUT2D eigenvalue weighted by Crippen LogP contribution is -2.27. The van der Waals surface area contributed by atoms with Crippen LogP contribution in [0.1, 0.15) is 17.2 Å². The maximum absolute atomic E-state index is 12.2. The van der Waals surface area contributed by atoms with E-state index >= 15 is 0 Å². The van der Waals surface area contributed by atoms with Crippen LogP contribution < -0.4 is 10.4 Å². The maximum Gasteiger partial charge on any atom is 0.573 e. The molecule has 0 radical (unpaired) electrons. The summed E-state index contributed by atoms with van der Waals surface area (Å²) in [6, 6.07) is 6.97. The topological polar surface area (TPSA) is 74.8 Å². The van der Waals surface area contributed by atoms with Gasteiger partial charge in [0.25, 0.3) is 0 Å². The van der Waals surface area contributed by atoms with Crippen LogP contribution in [0, 0.1) is 13.8 Å². The lowest BCUT2D eigenvalue weighted by atomic mass is 10.3. The molecule has 0 N–H and O–H groups in total. The quantitative estimate of drug-likeness (QED) is 0.710. The molecule has 0 unspecified atom stereocenters. The summed E-state index contributed by atoms with van der Waals surface area (Å²) in [6.07, 6.45) is -3.45. The highest BCUT2D eigenvalue weighted by molar-refractivity contribution is 5.37. The number of hydrogen-bond donors (Lipinski definition) is 0. The Morgan fingerprint density at radius 2 is 1.85 bits per heavy atom. The van der Waals surface area contributed by atoms with Gasteiger partial charge < -0.3 is 4.74 Å². The van der Waals surface area contributed by atoms with Gasteiger partial charge in [0.2, 0.25) is 0 Å². The van der Waals surface area contributed by atoms with Gasteiger partial charge in [0.15, 0.2) is 5.82 Å². The third kappa shape index (κ3) is 3.90. The molecule has 0 spiro atoms. The maximum atomic E-state index is 12.2. The molecule has 2 aromatic heterocycles. The van der Waals surface area contributed by atoms with Crippen molar-refractivity contribution in [3.63, 3.8) is 0 Å². The first-order chi connectivity index (χ1) is 12.2. The van der Waals surface area contributed by atoms with Crippen molar-refractivity contribution < 1.29 is 17.9 Å². The Balaban J connectivity index is 1.89. The van der Waals surface area contributed by atoms with Crippen LogP contribution in [0.3, 0.4) is 0 Å². The molecule has 2 heterocycles. The molecular weight excluding hydrogens is 351 g/mol. The van der Waals surface area contributed by atoms with Crippen LogP contribution >= 0.6 is 0 Å². The zero-order chi connectivity index (χ0) is 18.9. The standard InChI is InChI=1S/C16H14F3N5O2/c1-10-7-11(2)23(15(25)22-10)8-14-20-9-21-24(14)12-3-5-13(6-4-12)26-16(17,18)19/h3-7,9H,8H2,1-2H3. The minimum Gasteiger partial charge on any atom is -0.406 e. The van der Waals surface area contributed by atoms with E-state index in [1.165, 1.54) is 39.8 Å². The van der Waals surface area contributed by atoms with Gasteiger partial charge in [-0.2, -0.15) is 10.1 Å². The van der Waals surface area contributed by atoms with Crippen molar-refractivity contribution in [3.8, 4) is 11.4 Å². The fourth-order valence-corrected chi connectivity index (χ4v) is 2.49. The third-order valence-corrected chi connectivity index (χ3v) is 3.58. The Morgan fingerprint density at radius 1 is 1.15 bits per heavy atom. The van der Waals surface area contributed by atoms with Gasteiger partial charge in [-0.05, 0) is 44.2 Å². The van der Waals surface area contributed by atoms with E-state index in [1.807, 2.05) is 0 Å². The van der Waals surface area contributed by atoms with E-state index in [9.17, 15) is 18.0 Å². The van der Waals surface area contributed by atoms with Crippen LogP contribution in [0.2, 0.25) is 0 Å². The number of rotatable bonds is 4. The van der Waals surface area contributed by atoms with Gasteiger partial charge in [-0.1, -0.05) is 0 Å². The highest BCUT2D eigenvalue weighted by Gasteiger charge is 2.31. The highest BCUT2D eigenvalue weighted by Crippen LogP contribution is 2.23. The van der Waals surface area contributed by atoms with Crippen molar-refractivity contribution in [1.82, 2.24) is 24.3 Å². The Morgan fingerprint density at radius 3 is 2.46 bits per heavy atom. The molecule has 0 saturated carbocycles. The summed E-state index contributed by atoms with van der Waals surface area (Å²) in [4.78, 5) is 20.1. The number of benzene rings is 1. The second-order valence-corrected chi connectivity index (χ2v) is 5.54. The predicted octanol–water partition coefficient (Wildman–Crippen LogP) is 2.39. The zero-order valence-corrected chi connectivity index (χ0v) is 13.9. The van der Waals surface area contributed by atoms with Gasteiger partial charge in [-0.25, -0.2) is 14.5 Å². The molecule has 0 atom stereocenters. The van der Waals surface area contributed by atoms with Crippen molar-refractivity contribution in [1.29, 1.82) is 0 Å². The highest BCUT2D eigenvalue weighted by atomic mass is 19.4. The second-order valence-electron chi connectivity index (χ2n) is 5.54. The molecule has 0 amide bonds. The Labute approximate surface area is 145 Å². The van der Waals surface area contributed by atoms with E-state index in [0.29, 0.717) is 22.9 Å². The van der Waals surface area contributed by atoms with Crippen molar-refractivity contribution in [2.75, 3.05) is 0 Å². The van der Waals surface area contributed by atoms with Gasteiger partial charge in [-0.3, -0.25) is 4.57 Å². The predicted molar refractivity (Wildman–Crippen MR) is 85.1 cm³/mol. The molecule has 7 nitrogen and oxygen atoms in total. The number of ether oxygens (including phenoxy) is 1. The van der Waals surface area contributed by atoms with E-state index in [2.05, 4.69) is 19.8 Å². The molecule has 136 valence electrons. The van der Waals surface area contributed by atoms with Crippen molar-refractivity contribution >= 4 is 0 Å². The molecule has 0 aliphatic carbocycles. The first-order valence-electron chi connectivity index (χ1n) is 7.53. The molecule has 26 heavy (non-hydrogen) atoms. The molecule has 3 aromatic rings. The van der Waals surface area contributed by atoms with Gasteiger partial charge in [-0.15, -0.1) is 13.2 Å². The van der Waals surface area contributed by atoms with Crippen LogP contribution in [0.5, 0.6) is 5.75 Å². The van der Waals surface area contributed by atoms with Crippen LogP contribution in [0.25, 0.3) is 5.69 Å². The third-order valence-electron chi connectivity index (χ3n) is 3.58. The van der Waals surface area contributed by atoms with E-state index < -0.39 is 12.1 Å². The van der Waals surface area contributed by atoms with E-state index in [-0.39, 0.29) is 12.3 Å². The lowest BCUT2D eigenvalue weighted by molar-refractivity contribution is -0.274. The average Bonchev–Trinajstić information content (AvgIpc) is 2.98. The Kier molecular flexibility index (Phi) is 4.49. The van der Waals surface area contributed by atoms with Crippen molar-refractivity contribution in [2.45, 2.75) is 26.8 Å². The van der Waals surface area contributed by atoms with E-state index in [0.717, 1.165) is 0 Å². The number of aromatic nitrogens is 5. The van der Waals surface area contributed by atoms with Gasteiger partial charge in [0, 0.05) is 11.4 Å². The fourth-order valence-electron chi connectivity index (χ4n) is 2.49. The first kappa shape index (κ1) is 17.6. The van der Waals surface area contributed by atoms with Crippen LogP contribution in [-0.4, -0.2) is 30.7 Å². The Hall–Kier alpha value is -3.17. The SMILES string of the molecule is Cc1cc(C)n(Cc2ncnn2-c2ccc(OC(F)(F)F)cc2)c(=O)n1. The first-order valence-corrected chi connectivity index (χ1v) is 7.53. The number of nitrogens with zero attached hydrogens (tertiary/aromatic N) is 5. The average molecular weight is 365 g/mol. The number of aryl methyl sites for hydroxylation is 2. The van der Waals surface area contributed by atoms with Crippen LogP contribution in [-0.2, 0) is 6.54 Å². The summed E-state index contributed by atoms with van der Waals surface area (Å²) in [6.45, 7) is 3.63. The van der Waals surface area contributed by atoms with E-state index in [1.54, 1.807) is 19.9 Å². The summed E-state index contributed by atoms with van der Waals surface area (Å²) in [5, 5.41) is 4.07. The summed E-state index contributed by atoms with van der Waals surface area (Å²) in [5.74, 6) is 0.100. The van der Waals surface area contributed by atoms with Crippen LogP contribution in [0.15, 0.2) is 41.5 Å². The minimum absolute atomic E-state index is 0.124. The molecule has 0 aliphatic rings. The molecule has 0 bridgehead atoms. The lowest BCUT2D eigenvalue weighted by Gasteiger charge is -2.12. The molecular formula is C16H14F3N5O2. The second kappa shape index (κ2) is 6.62. The summed E-state index contributed by atoms with van der Waals surface area (Å²) < 4.78 is 43.4. The van der Waals surface area contributed by atoms with Gasteiger partial charge in [0.1, 0.15) is 12.1 Å². The largest absolute Gasteiger partial charge is 0.573 e. The van der Waals surface area contributed by atoms with Crippen molar-refractivity contribution in [3.05, 3.63) is 64.4 Å². The Bertz CT molecular complexity index is 977. The number of alkyl halides is 3. The van der Waals surface area contributed by atoms with E-state index in [4.69, 9.17) is 0 Å². The van der Waals surface area contributed by atoms with Gasteiger partial charge in [0.05, 0.1) is 12.2 Å². The fraction of sp³-hybridized carbons (Fsp3) is 0.250. The smallest absolute Gasteiger partial charge is 0.406 e. The molecule has 0 aliphatic heterocycles.